The summed E-state index contributed by atoms with van der Waals surface area (Å²) in [7, 11) is 3.20. The van der Waals surface area contributed by atoms with Crippen molar-refractivity contribution in [2.45, 2.75) is 19.9 Å². The number of rotatable bonds is 3. The molecule has 0 aliphatic carbocycles. The summed E-state index contributed by atoms with van der Waals surface area (Å²) in [6.45, 7) is 4.34. The lowest BCUT2D eigenvalue weighted by molar-refractivity contribution is 0.396. The molecule has 6 heteroatoms. The average Bonchev–Trinajstić information content (AvgIpc) is 2.43. The molecule has 110 valence electrons. The van der Waals surface area contributed by atoms with Crippen LogP contribution in [-0.2, 0) is 0 Å². The van der Waals surface area contributed by atoms with Gasteiger partial charge in [-0.25, -0.2) is 0 Å². The number of nitrogens with one attached hydrogen (secondary N) is 1. The Morgan fingerprint density at radius 3 is 2.55 bits per heavy atom. The number of thioether (sulfide) groups is 1. The van der Waals surface area contributed by atoms with E-state index in [0.29, 0.717) is 28.5 Å². The molecule has 1 aliphatic rings. The van der Waals surface area contributed by atoms with Gasteiger partial charge in [-0.2, -0.15) is 0 Å². The van der Waals surface area contributed by atoms with Crippen LogP contribution in [0.25, 0.3) is 0 Å². The fraction of sp³-hybridized carbons (Fsp3) is 0.500. The number of aliphatic imine (C=N–C) groups is 1. The lowest BCUT2D eigenvalue weighted by atomic mass is 10.1. The van der Waals surface area contributed by atoms with Crippen LogP contribution in [0.4, 0.5) is 5.69 Å². The number of anilines is 1. The molecule has 0 radical (unpaired) electrons. The molecular weight excluding hydrogens is 296 g/mol. The Labute approximate surface area is 128 Å². The van der Waals surface area contributed by atoms with Crippen molar-refractivity contribution in [1.29, 1.82) is 0 Å². The van der Waals surface area contributed by atoms with Crippen molar-refractivity contribution >= 4 is 34.2 Å². The van der Waals surface area contributed by atoms with Crippen molar-refractivity contribution in [3.63, 3.8) is 0 Å². The molecule has 1 aliphatic heterocycles. The Balaban J connectivity index is 2.25. The standard InChI is InChI=1S/C14H19ClN2O2S/c1-8-7-20-14(16-9(8)2)17-11-5-10(15)12(18-3)6-13(11)19-4/h5-6,8-9H,7H2,1-4H3,(H,16,17). The maximum atomic E-state index is 6.16. The van der Waals surface area contributed by atoms with Gasteiger partial charge in [0.15, 0.2) is 5.17 Å². The molecule has 2 unspecified atom stereocenters. The Kier molecular flexibility index (Phi) is 5.05. The third kappa shape index (κ3) is 3.33. The number of nitrogens with zero attached hydrogens (tertiary/aromatic N) is 1. The summed E-state index contributed by atoms with van der Waals surface area (Å²) in [5.74, 6) is 2.92. The van der Waals surface area contributed by atoms with E-state index >= 15 is 0 Å². The third-order valence-electron chi connectivity index (χ3n) is 3.34. The van der Waals surface area contributed by atoms with Crippen molar-refractivity contribution in [3.8, 4) is 11.5 Å². The molecule has 0 fully saturated rings. The molecule has 2 atom stereocenters. The van der Waals surface area contributed by atoms with E-state index in [2.05, 4.69) is 24.2 Å². The number of halogens is 1. The predicted octanol–water partition coefficient (Wildman–Crippen LogP) is 3.90. The summed E-state index contributed by atoms with van der Waals surface area (Å²) in [6, 6.07) is 3.88. The van der Waals surface area contributed by atoms with Crippen LogP contribution >= 0.6 is 23.4 Å². The van der Waals surface area contributed by atoms with Gasteiger partial charge in [0.2, 0.25) is 0 Å². The SMILES string of the molecule is COc1cc(OC)c(NC2=NC(C)C(C)CS2)cc1Cl. The molecule has 1 aromatic carbocycles. The minimum absolute atomic E-state index is 0.318. The zero-order chi connectivity index (χ0) is 14.7. The molecule has 20 heavy (non-hydrogen) atoms. The van der Waals surface area contributed by atoms with Crippen LogP contribution in [0, 0.1) is 5.92 Å². The largest absolute Gasteiger partial charge is 0.495 e. The first kappa shape index (κ1) is 15.3. The number of hydrogen-bond donors (Lipinski definition) is 1. The van der Waals surface area contributed by atoms with Crippen molar-refractivity contribution in [2.75, 3.05) is 25.3 Å². The maximum absolute atomic E-state index is 6.16. The number of methoxy groups -OCH3 is 2. The molecule has 0 bridgehead atoms. The number of ether oxygens (including phenoxy) is 2. The second kappa shape index (κ2) is 6.59. The van der Waals surface area contributed by atoms with Crippen molar-refractivity contribution < 1.29 is 9.47 Å². The van der Waals surface area contributed by atoms with Gasteiger partial charge in [-0.1, -0.05) is 30.3 Å². The molecule has 0 saturated carbocycles. The normalized spacial score (nSPS) is 22.1. The van der Waals surface area contributed by atoms with E-state index < -0.39 is 0 Å². The highest BCUT2D eigenvalue weighted by Crippen LogP contribution is 2.37. The zero-order valence-electron chi connectivity index (χ0n) is 12.1. The summed E-state index contributed by atoms with van der Waals surface area (Å²) in [4.78, 5) is 4.64. The molecular formula is C14H19ClN2O2S. The Morgan fingerprint density at radius 1 is 1.25 bits per heavy atom. The maximum Gasteiger partial charge on any atom is 0.161 e. The van der Waals surface area contributed by atoms with E-state index in [9.17, 15) is 0 Å². The highest BCUT2D eigenvalue weighted by molar-refractivity contribution is 8.14. The van der Waals surface area contributed by atoms with Crippen molar-refractivity contribution in [3.05, 3.63) is 17.2 Å². The van der Waals surface area contributed by atoms with Gasteiger partial charge in [0.1, 0.15) is 11.5 Å². The second-order valence-corrected chi connectivity index (χ2v) is 6.19. The highest BCUT2D eigenvalue weighted by Gasteiger charge is 2.20. The van der Waals surface area contributed by atoms with E-state index in [1.807, 2.05) is 0 Å². The fourth-order valence-electron chi connectivity index (χ4n) is 1.84. The van der Waals surface area contributed by atoms with Gasteiger partial charge >= 0.3 is 0 Å². The van der Waals surface area contributed by atoms with Gasteiger partial charge < -0.3 is 14.8 Å². The quantitative estimate of drug-likeness (QED) is 0.919. The first-order chi connectivity index (χ1) is 9.55. The van der Waals surface area contributed by atoms with E-state index in [1.165, 1.54) is 0 Å². The summed E-state index contributed by atoms with van der Waals surface area (Å²) in [5.41, 5.74) is 0.798. The van der Waals surface area contributed by atoms with Crippen LogP contribution in [0.3, 0.4) is 0 Å². The molecule has 4 nitrogen and oxygen atoms in total. The first-order valence-electron chi connectivity index (χ1n) is 6.44. The summed E-state index contributed by atoms with van der Waals surface area (Å²) in [5, 5.41) is 4.73. The van der Waals surface area contributed by atoms with E-state index in [0.717, 1.165) is 16.6 Å². The predicted molar refractivity (Wildman–Crippen MR) is 86.7 cm³/mol. The molecule has 0 amide bonds. The van der Waals surface area contributed by atoms with Crippen LogP contribution in [-0.4, -0.2) is 31.2 Å². The van der Waals surface area contributed by atoms with Gasteiger partial charge in [0.25, 0.3) is 0 Å². The molecule has 1 heterocycles. The van der Waals surface area contributed by atoms with Gasteiger partial charge in [-0.15, -0.1) is 0 Å². The van der Waals surface area contributed by atoms with Gasteiger partial charge in [-0.05, 0) is 18.9 Å². The summed E-state index contributed by atoms with van der Waals surface area (Å²) in [6.07, 6.45) is 0. The molecule has 2 rings (SSSR count). The first-order valence-corrected chi connectivity index (χ1v) is 7.80. The van der Waals surface area contributed by atoms with Crippen molar-refractivity contribution in [2.24, 2.45) is 10.9 Å². The van der Waals surface area contributed by atoms with E-state index in [-0.39, 0.29) is 0 Å². The van der Waals surface area contributed by atoms with E-state index in [4.69, 9.17) is 21.1 Å². The molecule has 0 aromatic heterocycles. The number of hydrogen-bond acceptors (Lipinski definition) is 5. The highest BCUT2D eigenvalue weighted by atomic mass is 35.5. The Hall–Kier alpha value is -1.07. The van der Waals surface area contributed by atoms with Crippen molar-refractivity contribution in [1.82, 2.24) is 0 Å². The second-order valence-electron chi connectivity index (χ2n) is 4.78. The van der Waals surface area contributed by atoms with Crippen LogP contribution in [0.15, 0.2) is 17.1 Å². The minimum Gasteiger partial charge on any atom is -0.495 e. The van der Waals surface area contributed by atoms with Gasteiger partial charge in [0.05, 0.1) is 31.0 Å². The summed E-state index contributed by atoms with van der Waals surface area (Å²) >= 11 is 7.87. The van der Waals surface area contributed by atoms with Gasteiger partial charge in [-0.3, -0.25) is 4.99 Å². The monoisotopic (exact) mass is 314 g/mol. The summed E-state index contributed by atoms with van der Waals surface area (Å²) < 4.78 is 10.6. The fourth-order valence-corrected chi connectivity index (χ4v) is 3.20. The lowest BCUT2D eigenvalue weighted by Gasteiger charge is -2.24. The topological polar surface area (TPSA) is 42.9 Å². The van der Waals surface area contributed by atoms with Crippen LogP contribution in [0.1, 0.15) is 13.8 Å². The van der Waals surface area contributed by atoms with Crippen LogP contribution in [0.2, 0.25) is 5.02 Å². The Morgan fingerprint density at radius 2 is 1.95 bits per heavy atom. The van der Waals surface area contributed by atoms with E-state index in [1.54, 1.807) is 38.1 Å². The number of amidine groups is 1. The van der Waals surface area contributed by atoms with Gasteiger partial charge in [0, 0.05) is 11.8 Å². The number of benzene rings is 1. The molecule has 1 aromatic rings. The molecule has 0 saturated heterocycles. The average molecular weight is 315 g/mol. The Bertz CT molecular complexity index is 522. The third-order valence-corrected chi connectivity index (χ3v) is 4.81. The molecule has 1 N–H and O–H groups in total. The molecule has 0 spiro atoms. The van der Waals surface area contributed by atoms with Crippen LogP contribution in [0.5, 0.6) is 11.5 Å². The minimum atomic E-state index is 0.318. The smallest absolute Gasteiger partial charge is 0.161 e. The zero-order valence-corrected chi connectivity index (χ0v) is 13.6. The van der Waals surface area contributed by atoms with Crippen LogP contribution < -0.4 is 14.8 Å². The lowest BCUT2D eigenvalue weighted by Crippen LogP contribution is -2.25.